The van der Waals surface area contributed by atoms with E-state index < -0.39 is 12.1 Å². The van der Waals surface area contributed by atoms with Crippen molar-refractivity contribution < 1.29 is 27.9 Å². The van der Waals surface area contributed by atoms with Crippen LogP contribution in [0.1, 0.15) is 33.6 Å². The fraction of sp³-hybridized carbons (Fsp3) is 0.345. The molecule has 1 fully saturated rings. The van der Waals surface area contributed by atoms with Crippen LogP contribution < -0.4 is 5.32 Å². The second-order valence-electron chi connectivity index (χ2n) is 9.73. The number of carbonyl (C=O) groups excluding carboxylic acids is 1. The number of likely N-dealkylation sites (N-methyl/N-ethyl adjacent to an activating group) is 1. The highest BCUT2D eigenvalue weighted by Crippen LogP contribution is 2.38. The van der Waals surface area contributed by atoms with Crippen molar-refractivity contribution in [2.75, 3.05) is 46.3 Å². The first-order chi connectivity index (χ1) is 19.0. The molecule has 2 heterocycles. The summed E-state index contributed by atoms with van der Waals surface area (Å²) in [4.78, 5) is 32.0. The van der Waals surface area contributed by atoms with E-state index in [0.29, 0.717) is 6.54 Å². The number of fused-ring (bicyclic) bond motifs is 2. The summed E-state index contributed by atoms with van der Waals surface area (Å²) < 4.78 is 31.7. The Hall–Kier alpha value is -3.47. The topological polar surface area (TPSA) is 85.8 Å². The van der Waals surface area contributed by atoms with Crippen molar-refractivity contribution >= 4 is 46.0 Å². The molecule has 1 aromatic heterocycles. The smallest absolute Gasteiger partial charge is 0.475 e. The van der Waals surface area contributed by atoms with Crippen LogP contribution in [0.2, 0.25) is 5.02 Å². The van der Waals surface area contributed by atoms with Crippen molar-refractivity contribution in [3.63, 3.8) is 0 Å². The number of pyridine rings is 1. The van der Waals surface area contributed by atoms with Crippen LogP contribution in [0.4, 0.5) is 13.2 Å². The van der Waals surface area contributed by atoms with Gasteiger partial charge in [-0.3, -0.25) is 9.69 Å². The molecule has 11 heteroatoms. The van der Waals surface area contributed by atoms with Crippen molar-refractivity contribution in [1.82, 2.24) is 20.1 Å². The maximum Gasteiger partial charge on any atom is 0.490 e. The molecular weight excluding hydrogens is 545 g/mol. The first-order valence-corrected chi connectivity index (χ1v) is 13.3. The Morgan fingerprint density at radius 3 is 2.38 bits per heavy atom. The fourth-order valence-corrected chi connectivity index (χ4v) is 5.00. The van der Waals surface area contributed by atoms with Crippen LogP contribution in [-0.2, 0) is 11.2 Å². The molecule has 2 N–H and O–H groups in total. The number of piperazine rings is 1. The Labute approximate surface area is 235 Å². The molecule has 2 aromatic carbocycles. The van der Waals surface area contributed by atoms with Gasteiger partial charge in [-0.15, -0.1) is 0 Å². The molecule has 212 valence electrons. The third-order valence-corrected chi connectivity index (χ3v) is 7.30. The normalized spacial score (nSPS) is 16.9. The summed E-state index contributed by atoms with van der Waals surface area (Å²) >= 11 is 6.40. The van der Waals surface area contributed by atoms with Gasteiger partial charge in [-0.1, -0.05) is 48.0 Å². The Morgan fingerprint density at radius 2 is 1.70 bits per heavy atom. The van der Waals surface area contributed by atoms with Gasteiger partial charge in [0.1, 0.15) is 0 Å². The molecule has 0 bridgehead atoms. The molecule has 0 saturated carbocycles. The number of nitrogens with one attached hydrogen (secondary N) is 1. The maximum atomic E-state index is 13.4. The van der Waals surface area contributed by atoms with E-state index in [0.717, 1.165) is 89.4 Å². The van der Waals surface area contributed by atoms with Crippen LogP contribution in [0.25, 0.3) is 22.6 Å². The molecule has 1 aliphatic heterocycles. The first-order valence-electron chi connectivity index (χ1n) is 12.9. The Morgan fingerprint density at radius 1 is 1.05 bits per heavy atom. The number of rotatable bonds is 5. The zero-order valence-corrected chi connectivity index (χ0v) is 22.7. The van der Waals surface area contributed by atoms with Crippen LogP contribution in [0.15, 0.2) is 48.5 Å². The summed E-state index contributed by atoms with van der Waals surface area (Å²) in [6.07, 6.45) is -1.30. The molecule has 0 unspecified atom stereocenters. The second-order valence-corrected chi connectivity index (χ2v) is 10.1. The molecule has 0 atom stereocenters. The highest BCUT2D eigenvalue weighted by molar-refractivity contribution is 6.32. The zero-order valence-electron chi connectivity index (χ0n) is 22.0. The quantitative estimate of drug-likeness (QED) is 0.447. The summed E-state index contributed by atoms with van der Waals surface area (Å²) in [6, 6.07) is 15.8. The van der Waals surface area contributed by atoms with Gasteiger partial charge in [-0.2, -0.15) is 13.2 Å². The Kier molecular flexibility index (Phi) is 9.44. The molecule has 1 amide bonds. The molecule has 1 aliphatic carbocycles. The Bertz CT molecular complexity index is 1420. The van der Waals surface area contributed by atoms with Crippen molar-refractivity contribution in [3.05, 3.63) is 75.9 Å². The number of para-hydroxylation sites is 1. The van der Waals surface area contributed by atoms with E-state index in [2.05, 4.69) is 28.2 Å². The molecule has 0 radical (unpaired) electrons. The average molecular weight is 575 g/mol. The number of carboxylic acid groups (broad SMARTS) is 1. The highest BCUT2D eigenvalue weighted by atomic mass is 35.5. The zero-order chi connectivity index (χ0) is 28.9. The van der Waals surface area contributed by atoms with E-state index in [9.17, 15) is 18.0 Å². The number of amides is 1. The summed E-state index contributed by atoms with van der Waals surface area (Å²) in [5.74, 6) is -2.76. The second kappa shape index (κ2) is 12.8. The number of allylic oxidation sites excluding steroid dienone is 1. The molecule has 7 nitrogen and oxygen atoms in total. The number of hydrogen-bond donors (Lipinski definition) is 2. The van der Waals surface area contributed by atoms with Crippen LogP contribution in [0, 0.1) is 0 Å². The van der Waals surface area contributed by atoms with Crippen LogP contribution in [-0.4, -0.2) is 84.3 Å². The van der Waals surface area contributed by atoms with Crippen molar-refractivity contribution in [1.29, 1.82) is 0 Å². The summed E-state index contributed by atoms with van der Waals surface area (Å²) in [6.45, 7) is 5.79. The van der Waals surface area contributed by atoms with Crippen LogP contribution >= 0.6 is 11.6 Å². The number of nitrogens with zero attached hydrogens (tertiary/aromatic N) is 3. The average Bonchev–Trinajstić information content (AvgIpc) is 3.31. The maximum absolute atomic E-state index is 13.4. The third-order valence-electron chi connectivity index (χ3n) is 6.96. The van der Waals surface area contributed by atoms with Gasteiger partial charge in [0.2, 0.25) is 0 Å². The lowest BCUT2D eigenvalue weighted by atomic mass is 10.00. The minimum Gasteiger partial charge on any atom is -0.475 e. The van der Waals surface area contributed by atoms with E-state index >= 15 is 0 Å². The SMILES string of the molecule is CN1CCN(CCNC(=O)c2c3c(nc4ccccc24)/C(=C\c2ccccc2Cl)CC3)CC1.O=C(O)C(F)(F)F. The number of aromatic nitrogens is 1. The summed E-state index contributed by atoms with van der Waals surface area (Å²) in [5.41, 5.74) is 5.72. The summed E-state index contributed by atoms with van der Waals surface area (Å²) in [5, 5.41) is 12.0. The van der Waals surface area contributed by atoms with Gasteiger partial charge in [0, 0.05) is 49.7 Å². The number of hydrogen-bond acceptors (Lipinski definition) is 5. The predicted octanol–water partition coefficient (Wildman–Crippen LogP) is 4.99. The number of benzene rings is 2. The molecule has 2 aliphatic rings. The molecule has 3 aromatic rings. The van der Waals surface area contributed by atoms with Gasteiger partial charge in [-0.05, 0) is 54.8 Å². The van der Waals surface area contributed by atoms with E-state index in [4.69, 9.17) is 26.5 Å². The van der Waals surface area contributed by atoms with Gasteiger partial charge in [-0.25, -0.2) is 9.78 Å². The standard InChI is InChI=1S/C27H29ClN4O.C2HF3O2/c1-31-14-16-32(17-15-31)13-12-29-27(33)25-21-7-3-5-9-24(21)30-26-20(10-11-22(25)26)18-19-6-2-4-8-23(19)28;3-2(4,5)1(6)7/h2-9,18H,10-17H2,1H3,(H,29,33);(H,6,7)/b20-18-;. The summed E-state index contributed by atoms with van der Waals surface area (Å²) in [7, 11) is 2.16. The number of carbonyl (C=O) groups is 2. The van der Waals surface area contributed by atoms with E-state index in [1.54, 1.807) is 0 Å². The lowest BCUT2D eigenvalue weighted by Gasteiger charge is -2.32. The number of aliphatic carboxylic acids is 1. The molecule has 40 heavy (non-hydrogen) atoms. The highest BCUT2D eigenvalue weighted by Gasteiger charge is 2.38. The molecule has 1 saturated heterocycles. The van der Waals surface area contributed by atoms with Crippen molar-refractivity contribution in [2.24, 2.45) is 0 Å². The number of alkyl halides is 3. The fourth-order valence-electron chi connectivity index (χ4n) is 4.81. The van der Waals surface area contributed by atoms with Gasteiger partial charge in [0.05, 0.1) is 16.8 Å². The lowest BCUT2D eigenvalue weighted by Crippen LogP contribution is -2.47. The van der Waals surface area contributed by atoms with Crippen molar-refractivity contribution in [2.45, 2.75) is 19.0 Å². The van der Waals surface area contributed by atoms with Gasteiger partial charge in [0.15, 0.2) is 0 Å². The van der Waals surface area contributed by atoms with Crippen molar-refractivity contribution in [3.8, 4) is 0 Å². The molecule has 0 spiro atoms. The monoisotopic (exact) mass is 574 g/mol. The molecule has 5 rings (SSSR count). The van der Waals surface area contributed by atoms with Gasteiger partial charge >= 0.3 is 12.1 Å². The van der Waals surface area contributed by atoms with Gasteiger partial charge in [0.25, 0.3) is 5.91 Å². The molecular formula is C29H30ClF3N4O3. The lowest BCUT2D eigenvalue weighted by molar-refractivity contribution is -0.192. The predicted molar refractivity (Wildman–Crippen MR) is 149 cm³/mol. The third kappa shape index (κ3) is 7.18. The first kappa shape index (κ1) is 29.5. The van der Waals surface area contributed by atoms with Gasteiger partial charge < -0.3 is 15.3 Å². The van der Waals surface area contributed by atoms with Crippen LogP contribution in [0.3, 0.4) is 0 Å². The number of carboxylic acids is 1. The van der Waals surface area contributed by atoms with E-state index in [1.807, 2.05) is 48.5 Å². The largest absolute Gasteiger partial charge is 0.490 e. The Balaban J connectivity index is 0.000000470. The minimum absolute atomic E-state index is 0.00188. The van der Waals surface area contributed by atoms with E-state index in [1.165, 1.54) is 0 Å². The van der Waals surface area contributed by atoms with Crippen LogP contribution in [0.5, 0.6) is 0 Å². The number of halogens is 4. The van der Waals surface area contributed by atoms with E-state index in [-0.39, 0.29) is 5.91 Å². The minimum atomic E-state index is -5.08.